The van der Waals surface area contributed by atoms with E-state index in [1.165, 1.54) is 18.7 Å². The highest BCUT2D eigenvalue weighted by atomic mass is 32.2. The van der Waals surface area contributed by atoms with Gasteiger partial charge < -0.3 is 9.72 Å². The first-order chi connectivity index (χ1) is 15.9. The van der Waals surface area contributed by atoms with E-state index in [-0.39, 0.29) is 17.3 Å². The van der Waals surface area contributed by atoms with Crippen molar-refractivity contribution >= 4 is 23.3 Å². The lowest BCUT2D eigenvalue weighted by molar-refractivity contribution is 0.101. The Labute approximate surface area is 195 Å². The predicted molar refractivity (Wildman–Crippen MR) is 126 cm³/mol. The molecule has 168 valence electrons. The zero-order chi connectivity index (χ0) is 23.5. The zero-order valence-corrected chi connectivity index (χ0v) is 19.6. The van der Waals surface area contributed by atoms with Crippen molar-refractivity contribution in [2.24, 2.45) is 0 Å². The number of methoxy groups -OCH3 is 1. The summed E-state index contributed by atoms with van der Waals surface area (Å²) in [7, 11) is 1.61. The van der Waals surface area contributed by atoms with Crippen LogP contribution in [0.1, 0.15) is 39.0 Å². The first kappa shape index (κ1) is 22.5. The van der Waals surface area contributed by atoms with Gasteiger partial charge in [-0.3, -0.25) is 19.1 Å². The molecule has 0 aliphatic carbocycles. The van der Waals surface area contributed by atoms with E-state index in [0.29, 0.717) is 33.5 Å². The minimum Gasteiger partial charge on any atom is -0.497 e. The number of Topliss-reactive ketones (excluding diaryl/α,β-unsaturated/α-hetero) is 2. The van der Waals surface area contributed by atoms with Gasteiger partial charge >= 0.3 is 0 Å². The van der Waals surface area contributed by atoms with Crippen LogP contribution in [-0.4, -0.2) is 49.2 Å². The van der Waals surface area contributed by atoms with Gasteiger partial charge in [-0.05, 0) is 62.7 Å². The number of nitrogens with zero attached hydrogens (tertiary/aromatic N) is 4. The number of aryl methyl sites for hydroxylation is 1. The molecular formula is C24H23N5O3S. The zero-order valence-electron chi connectivity index (χ0n) is 18.7. The molecule has 0 bridgehead atoms. The normalized spacial score (nSPS) is 10.9. The summed E-state index contributed by atoms with van der Waals surface area (Å²) >= 11 is 1.29. The summed E-state index contributed by atoms with van der Waals surface area (Å²) in [6.45, 7) is 5.09. The smallest absolute Gasteiger partial charge is 0.196 e. The van der Waals surface area contributed by atoms with Gasteiger partial charge in [-0.25, -0.2) is 0 Å². The van der Waals surface area contributed by atoms with Crippen molar-refractivity contribution in [1.29, 1.82) is 0 Å². The molecule has 8 nitrogen and oxygen atoms in total. The first-order valence-electron chi connectivity index (χ1n) is 10.3. The maximum atomic E-state index is 13.0. The topological polar surface area (TPSA) is 103 Å². The van der Waals surface area contributed by atoms with Crippen LogP contribution in [0, 0.1) is 13.8 Å². The number of thioether (sulfide) groups is 1. The van der Waals surface area contributed by atoms with E-state index in [4.69, 9.17) is 4.74 Å². The number of hydrogen-bond acceptors (Lipinski definition) is 7. The molecule has 9 heteroatoms. The van der Waals surface area contributed by atoms with Crippen LogP contribution in [0.3, 0.4) is 0 Å². The van der Waals surface area contributed by atoms with Gasteiger partial charge in [0, 0.05) is 34.9 Å². The fraction of sp³-hybridized carbons (Fsp3) is 0.208. The standard InChI is InChI=1S/C24H23N5O3S/c1-14-21(16(3)30)15(2)26-22(14)20(31)13-33-24-28-27-23(17-6-5-11-25-12-17)29(24)18-7-9-19(32-4)10-8-18/h5-12,26H,13H2,1-4H3. The van der Waals surface area contributed by atoms with Crippen molar-refractivity contribution in [3.63, 3.8) is 0 Å². The number of carbonyl (C=O) groups is 2. The van der Waals surface area contributed by atoms with Gasteiger partial charge in [0.1, 0.15) is 5.75 Å². The molecule has 0 atom stereocenters. The van der Waals surface area contributed by atoms with E-state index in [0.717, 1.165) is 17.0 Å². The van der Waals surface area contributed by atoms with Crippen LogP contribution in [0.15, 0.2) is 53.9 Å². The fourth-order valence-corrected chi connectivity index (χ4v) is 4.59. The number of ether oxygens (including phenoxy) is 1. The Morgan fingerprint density at radius 1 is 1.12 bits per heavy atom. The van der Waals surface area contributed by atoms with Crippen LogP contribution < -0.4 is 4.74 Å². The predicted octanol–water partition coefficient (Wildman–Crippen LogP) is 4.46. The van der Waals surface area contributed by atoms with E-state index >= 15 is 0 Å². The number of rotatable bonds is 8. The molecule has 0 radical (unpaired) electrons. The Balaban J connectivity index is 1.67. The summed E-state index contributed by atoms with van der Waals surface area (Å²) < 4.78 is 7.16. The molecule has 0 unspecified atom stereocenters. The number of H-pyrrole nitrogens is 1. The molecule has 0 fully saturated rings. The average Bonchev–Trinajstić information content (AvgIpc) is 3.38. The van der Waals surface area contributed by atoms with E-state index in [1.807, 2.05) is 41.0 Å². The SMILES string of the molecule is COc1ccc(-n2c(SCC(=O)c3[nH]c(C)c(C(C)=O)c3C)nnc2-c2cccnc2)cc1. The molecule has 0 aliphatic rings. The molecule has 3 aromatic heterocycles. The summed E-state index contributed by atoms with van der Waals surface area (Å²) in [6.07, 6.45) is 3.42. The van der Waals surface area contributed by atoms with E-state index < -0.39 is 0 Å². The van der Waals surface area contributed by atoms with Crippen LogP contribution in [-0.2, 0) is 0 Å². The lowest BCUT2D eigenvalue weighted by Crippen LogP contribution is -2.07. The molecule has 4 aromatic rings. The maximum Gasteiger partial charge on any atom is 0.196 e. The minimum atomic E-state index is -0.111. The number of nitrogens with one attached hydrogen (secondary N) is 1. The van der Waals surface area contributed by atoms with Crippen molar-refractivity contribution < 1.29 is 14.3 Å². The Hall–Kier alpha value is -3.72. The second kappa shape index (κ2) is 9.41. The lowest BCUT2D eigenvalue weighted by atomic mass is 10.1. The Bertz CT molecular complexity index is 1310. The number of pyridine rings is 1. The van der Waals surface area contributed by atoms with Crippen LogP contribution in [0.25, 0.3) is 17.1 Å². The summed E-state index contributed by atoms with van der Waals surface area (Å²) in [4.78, 5) is 32.2. The van der Waals surface area contributed by atoms with Gasteiger partial charge in [0.25, 0.3) is 0 Å². The van der Waals surface area contributed by atoms with Gasteiger partial charge in [0.05, 0.1) is 18.6 Å². The number of hydrogen-bond donors (Lipinski definition) is 1. The van der Waals surface area contributed by atoms with E-state index in [9.17, 15) is 9.59 Å². The quantitative estimate of drug-likeness (QED) is 0.305. The van der Waals surface area contributed by atoms with Crippen LogP contribution >= 0.6 is 11.8 Å². The molecule has 4 rings (SSSR count). The molecule has 0 saturated carbocycles. The van der Waals surface area contributed by atoms with Crippen molar-refractivity contribution in [2.45, 2.75) is 25.9 Å². The average molecular weight is 462 g/mol. The molecule has 0 spiro atoms. The van der Waals surface area contributed by atoms with Gasteiger partial charge in [0.2, 0.25) is 0 Å². The van der Waals surface area contributed by atoms with Crippen LogP contribution in [0.4, 0.5) is 0 Å². The minimum absolute atomic E-state index is 0.0617. The third-order valence-electron chi connectivity index (χ3n) is 5.28. The number of aromatic amines is 1. The first-order valence-corrected chi connectivity index (χ1v) is 11.3. The van der Waals surface area contributed by atoms with Crippen molar-refractivity contribution in [3.8, 4) is 22.8 Å². The number of benzene rings is 1. The highest BCUT2D eigenvalue weighted by molar-refractivity contribution is 7.99. The summed E-state index contributed by atoms with van der Waals surface area (Å²) in [5, 5.41) is 9.29. The number of ketones is 2. The molecular weight excluding hydrogens is 438 g/mol. The second-order valence-electron chi connectivity index (χ2n) is 7.47. The van der Waals surface area contributed by atoms with E-state index in [2.05, 4.69) is 20.2 Å². The maximum absolute atomic E-state index is 13.0. The van der Waals surface area contributed by atoms with E-state index in [1.54, 1.807) is 33.4 Å². The van der Waals surface area contributed by atoms with Gasteiger partial charge in [0.15, 0.2) is 22.5 Å². The third-order valence-corrected chi connectivity index (χ3v) is 6.21. The molecule has 1 aromatic carbocycles. The van der Waals surface area contributed by atoms with Gasteiger partial charge in [-0.1, -0.05) is 11.8 Å². The lowest BCUT2D eigenvalue weighted by Gasteiger charge is -2.11. The van der Waals surface area contributed by atoms with Crippen molar-refractivity contribution in [3.05, 3.63) is 71.3 Å². The summed E-state index contributed by atoms with van der Waals surface area (Å²) in [5.41, 5.74) is 4.05. The highest BCUT2D eigenvalue weighted by Crippen LogP contribution is 2.29. The van der Waals surface area contributed by atoms with Crippen molar-refractivity contribution in [1.82, 2.24) is 24.7 Å². The largest absolute Gasteiger partial charge is 0.497 e. The van der Waals surface area contributed by atoms with Crippen molar-refractivity contribution in [2.75, 3.05) is 12.9 Å². The molecule has 1 N–H and O–H groups in total. The molecule has 0 saturated heterocycles. The Kier molecular flexibility index (Phi) is 6.41. The summed E-state index contributed by atoms with van der Waals surface area (Å²) in [6, 6.07) is 11.3. The molecule has 0 amide bonds. The third kappa shape index (κ3) is 4.45. The monoisotopic (exact) mass is 461 g/mol. The molecule has 33 heavy (non-hydrogen) atoms. The second-order valence-corrected chi connectivity index (χ2v) is 8.42. The summed E-state index contributed by atoms with van der Waals surface area (Å²) in [5.74, 6) is 1.32. The van der Waals surface area contributed by atoms with Crippen LogP contribution in [0.5, 0.6) is 5.75 Å². The van der Waals surface area contributed by atoms with Crippen LogP contribution in [0.2, 0.25) is 0 Å². The highest BCUT2D eigenvalue weighted by Gasteiger charge is 2.22. The fourth-order valence-electron chi connectivity index (χ4n) is 3.77. The number of carbonyl (C=O) groups excluding carboxylic acids is 2. The molecule has 0 aliphatic heterocycles. The Morgan fingerprint density at radius 3 is 2.48 bits per heavy atom. The Morgan fingerprint density at radius 2 is 1.88 bits per heavy atom. The molecule has 3 heterocycles. The van der Waals surface area contributed by atoms with Gasteiger partial charge in [-0.2, -0.15) is 0 Å². The number of aromatic nitrogens is 5. The van der Waals surface area contributed by atoms with Gasteiger partial charge in [-0.15, -0.1) is 10.2 Å².